The Morgan fingerprint density at radius 1 is 1.40 bits per heavy atom. The van der Waals surface area contributed by atoms with Crippen LogP contribution < -0.4 is 17.0 Å². The molecule has 5 nitrogen and oxygen atoms in total. The monoisotopic (exact) mass is 292 g/mol. The second kappa shape index (κ2) is 6.36. The van der Waals surface area contributed by atoms with Gasteiger partial charge in [0.25, 0.3) is 5.91 Å². The summed E-state index contributed by atoms with van der Waals surface area (Å²) < 4.78 is 13.7. The van der Waals surface area contributed by atoms with E-state index in [1.54, 1.807) is 12.3 Å². The summed E-state index contributed by atoms with van der Waals surface area (Å²) in [5.74, 6) is 4.57. The van der Waals surface area contributed by atoms with Crippen molar-refractivity contribution in [2.45, 2.75) is 10.6 Å². The molecule has 5 N–H and O–H groups in total. The zero-order valence-electron chi connectivity index (χ0n) is 10.5. The molecule has 0 atom stereocenters. The highest BCUT2D eigenvalue weighted by atomic mass is 32.2. The topological polar surface area (TPSA) is 94.0 Å². The minimum Gasteiger partial charge on any atom is -0.397 e. The molecule has 0 aliphatic heterocycles. The molecule has 0 bridgehead atoms. The Morgan fingerprint density at radius 2 is 2.20 bits per heavy atom. The van der Waals surface area contributed by atoms with E-state index in [1.165, 1.54) is 36.2 Å². The van der Waals surface area contributed by atoms with Gasteiger partial charge in [0.1, 0.15) is 5.82 Å². The van der Waals surface area contributed by atoms with E-state index in [0.717, 1.165) is 4.90 Å². The number of carbonyl (C=O) groups is 1. The number of hydrogen-bond donors (Lipinski definition) is 3. The third-order valence-corrected chi connectivity index (χ3v) is 3.77. The summed E-state index contributed by atoms with van der Waals surface area (Å²) >= 11 is 1.37. The van der Waals surface area contributed by atoms with E-state index in [1.807, 2.05) is 5.43 Å². The zero-order valence-corrected chi connectivity index (χ0v) is 11.3. The van der Waals surface area contributed by atoms with Crippen molar-refractivity contribution in [1.29, 1.82) is 0 Å². The van der Waals surface area contributed by atoms with Crippen molar-refractivity contribution < 1.29 is 9.18 Å². The molecule has 0 aliphatic carbocycles. The smallest absolute Gasteiger partial charge is 0.265 e. The van der Waals surface area contributed by atoms with Gasteiger partial charge >= 0.3 is 0 Å². The van der Waals surface area contributed by atoms with Crippen LogP contribution in [0.1, 0.15) is 15.9 Å². The van der Waals surface area contributed by atoms with E-state index in [-0.39, 0.29) is 5.82 Å². The first-order valence-corrected chi connectivity index (χ1v) is 6.72. The molecule has 1 heterocycles. The number of carbonyl (C=O) groups excluding carboxylic acids is 1. The predicted octanol–water partition coefficient (Wildman–Crippen LogP) is 1.70. The van der Waals surface area contributed by atoms with Gasteiger partial charge < -0.3 is 5.73 Å². The zero-order chi connectivity index (χ0) is 14.5. The molecule has 20 heavy (non-hydrogen) atoms. The molecule has 2 rings (SSSR count). The molecule has 0 fully saturated rings. The quantitative estimate of drug-likeness (QED) is 0.345. The van der Waals surface area contributed by atoms with Crippen LogP contribution in [0, 0.1) is 5.82 Å². The number of nitrogens with two attached hydrogens (primary N) is 2. The number of pyridine rings is 1. The highest BCUT2D eigenvalue weighted by Crippen LogP contribution is 2.28. The molecular weight excluding hydrogens is 279 g/mol. The molecule has 2 aromatic rings. The van der Waals surface area contributed by atoms with Gasteiger partial charge in [0.15, 0.2) is 0 Å². The lowest BCUT2D eigenvalue weighted by Gasteiger charge is -2.07. The number of anilines is 1. The number of nitrogen functional groups attached to an aromatic ring is 2. The van der Waals surface area contributed by atoms with E-state index in [9.17, 15) is 9.18 Å². The van der Waals surface area contributed by atoms with E-state index >= 15 is 0 Å². The molecule has 1 amide bonds. The van der Waals surface area contributed by atoms with Gasteiger partial charge in [-0.25, -0.2) is 10.2 Å². The summed E-state index contributed by atoms with van der Waals surface area (Å²) in [6, 6.07) is 5.86. The Morgan fingerprint density at radius 3 is 2.90 bits per heavy atom. The summed E-state index contributed by atoms with van der Waals surface area (Å²) in [6.07, 6.45) is 3.16. The number of nitrogens with one attached hydrogen (secondary N) is 1. The molecule has 1 aromatic heterocycles. The van der Waals surface area contributed by atoms with E-state index < -0.39 is 5.91 Å². The van der Waals surface area contributed by atoms with Crippen LogP contribution in [-0.4, -0.2) is 10.9 Å². The van der Waals surface area contributed by atoms with E-state index in [0.29, 0.717) is 22.6 Å². The molecule has 0 spiro atoms. The lowest BCUT2D eigenvalue weighted by molar-refractivity contribution is 0.0953. The van der Waals surface area contributed by atoms with Crippen LogP contribution in [0.2, 0.25) is 0 Å². The standard InChI is InChI=1S/C13H13FN4OS/c14-10-2-1-8(13(19)18-16)5-9(10)7-20-12-3-4-17-6-11(12)15/h1-6H,7,15-16H2,(H,18,19). The third kappa shape index (κ3) is 3.25. The number of nitrogens with zero attached hydrogens (tertiary/aromatic N) is 1. The van der Waals surface area contributed by atoms with Crippen LogP contribution in [0.4, 0.5) is 10.1 Å². The number of hydrogen-bond acceptors (Lipinski definition) is 5. The maximum Gasteiger partial charge on any atom is 0.265 e. The number of benzene rings is 1. The first kappa shape index (κ1) is 14.3. The fourth-order valence-corrected chi connectivity index (χ4v) is 2.50. The van der Waals surface area contributed by atoms with Gasteiger partial charge in [-0.3, -0.25) is 15.2 Å². The molecule has 0 radical (unpaired) electrons. The minimum absolute atomic E-state index is 0.312. The molecule has 104 valence electrons. The molecule has 1 aromatic carbocycles. The van der Waals surface area contributed by atoms with E-state index in [4.69, 9.17) is 11.6 Å². The Kier molecular flexibility index (Phi) is 4.54. The van der Waals surface area contributed by atoms with Gasteiger partial charge in [0.2, 0.25) is 0 Å². The van der Waals surface area contributed by atoms with Crippen LogP contribution in [-0.2, 0) is 5.75 Å². The van der Waals surface area contributed by atoms with Gasteiger partial charge in [0, 0.05) is 22.4 Å². The summed E-state index contributed by atoms with van der Waals surface area (Å²) in [5, 5.41) is 0. The molecule has 7 heteroatoms. The maximum absolute atomic E-state index is 13.7. The van der Waals surface area contributed by atoms with Crippen LogP contribution in [0.15, 0.2) is 41.6 Å². The Bertz CT molecular complexity index is 636. The van der Waals surface area contributed by atoms with Crippen LogP contribution in [0.25, 0.3) is 0 Å². The fourth-order valence-electron chi connectivity index (χ4n) is 1.59. The highest BCUT2D eigenvalue weighted by molar-refractivity contribution is 7.98. The molecular formula is C13H13FN4OS. The second-order valence-corrected chi connectivity index (χ2v) is 5.00. The van der Waals surface area contributed by atoms with Crippen molar-refractivity contribution in [2.24, 2.45) is 5.84 Å². The minimum atomic E-state index is -0.459. The number of amides is 1. The first-order chi connectivity index (χ1) is 9.61. The number of hydrazine groups is 1. The molecule has 0 saturated heterocycles. The Balaban J connectivity index is 2.17. The molecule has 0 aliphatic rings. The number of aromatic nitrogens is 1. The number of halogens is 1. The average Bonchev–Trinajstić information content (AvgIpc) is 2.47. The van der Waals surface area contributed by atoms with Crippen molar-refractivity contribution in [3.63, 3.8) is 0 Å². The lowest BCUT2D eigenvalue weighted by Crippen LogP contribution is -2.30. The van der Waals surface area contributed by atoms with E-state index in [2.05, 4.69) is 4.98 Å². The van der Waals surface area contributed by atoms with Crippen LogP contribution in [0.3, 0.4) is 0 Å². The van der Waals surface area contributed by atoms with Crippen LogP contribution in [0.5, 0.6) is 0 Å². The Labute approximate surface area is 119 Å². The largest absolute Gasteiger partial charge is 0.397 e. The van der Waals surface area contributed by atoms with Crippen molar-refractivity contribution >= 4 is 23.4 Å². The number of rotatable bonds is 4. The first-order valence-electron chi connectivity index (χ1n) is 5.73. The average molecular weight is 292 g/mol. The summed E-state index contributed by atoms with van der Waals surface area (Å²) in [4.78, 5) is 16.1. The summed E-state index contributed by atoms with van der Waals surface area (Å²) in [6.45, 7) is 0. The molecule has 0 saturated carbocycles. The van der Waals surface area contributed by atoms with Crippen LogP contribution >= 0.6 is 11.8 Å². The van der Waals surface area contributed by atoms with Gasteiger partial charge in [-0.15, -0.1) is 11.8 Å². The van der Waals surface area contributed by atoms with Gasteiger partial charge in [-0.05, 0) is 29.8 Å². The summed E-state index contributed by atoms with van der Waals surface area (Å²) in [5.41, 5.74) is 9.04. The van der Waals surface area contributed by atoms with Crippen molar-refractivity contribution in [2.75, 3.05) is 5.73 Å². The number of thioether (sulfide) groups is 1. The SMILES string of the molecule is NNC(=O)c1ccc(F)c(CSc2ccncc2N)c1. The van der Waals surface area contributed by atoms with Gasteiger partial charge in [-0.2, -0.15) is 0 Å². The van der Waals surface area contributed by atoms with Crippen molar-refractivity contribution in [3.8, 4) is 0 Å². The predicted molar refractivity (Wildman–Crippen MR) is 76.3 cm³/mol. The fraction of sp³-hybridized carbons (Fsp3) is 0.0769. The second-order valence-electron chi connectivity index (χ2n) is 3.98. The molecule has 0 unspecified atom stereocenters. The third-order valence-electron chi connectivity index (χ3n) is 2.63. The van der Waals surface area contributed by atoms with Gasteiger partial charge in [0.05, 0.1) is 11.9 Å². The summed E-state index contributed by atoms with van der Waals surface area (Å²) in [7, 11) is 0. The Hall–Kier alpha value is -2.12. The van der Waals surface area contributed by atoms with Crippen molar-refractivity contribution in [3.05, 3.63) is 53.6 Å². The normalized spacial score (nSPS) is 10.3. The lowest BCUT2D eigenvalue weighted by atomic mass is 10.1. The van der Waals surface area contributed by atoms with Gasteiger partial charge in [-0.1, -0.05) is 0 Å². The maximum atomic E-state index is 13.7. The highest BCUT2D eigenvalue weighted by Gasteiger charge is 2.10. The van der Waals surface area contributed by atoms with Crippen molar-refractivity contribution in [1.82, 2.24) is 10.4 Å².